The molecule has 0 aromatic heterocycles. The number of amidine groups is 1. The summed E-state index contributed by atoms with van der Waals surface area (Å²) in [5.74, 6) is -1.27. The number of carboxylic acid groups (broad SMARTS) is 1. The fourth-order valence-electron chi connectivity index (χ4n) is 4.66. The van der Waals surface area contributed by atoms with Crippen LogP contribution in [-0.2, 0) is 21.2 Å². The maximum absolute atomic E-state index is 13.1. The number of carbonyl (C=O) groups is 3. The second-order valence-electron chi connectivity index (χ2n) is 9.64. The van der Waals surface area contributed by atoms with Crippen molar-refractivity contribution in [1.82, 2.24) is 14.5 Å². The van der Waals surface area contributed by atoms with Crippen LogP contribution < -0.4 is 5.32 Å². The Morgan fingerprint density at radius 2 is 1.81 bits per heavy atom. The Hall–Kier alpha value is -3.57. The summed E-state index contributed by atoms with van der Waals surface area (Å²) < 4.78 is 27.6. The molecule has 0 radical (unpaired) electrons. The van der Waals surface area contributed by atoms with Crippen molar-refractivity contribution in [2.24, 2.45) is 4.99 Å². The number of carbonyl (C=O) groups excluding carboxylic acids is 2. The lowest BCUT2D eigenvalue weighted by Crippen LogP contribution is -2.50. The Morgan fingerprint density at radius 3 is 2.43 bits per heavy atom. The summed E-state index contributed by atoms with van der Waals surface area (Å²) in [6.45, 7) is 2.19. The number of amides is 2. The zero-order valence-electron chi connectivity index (χ0n) is 21.0. The largest absolute Gasteiger partial charge is 0.478 e. The Morgan fingerprint density at radius 1 is 1.11 bits per heavy atom. The number of sulfonamides is 1. The fraction of sp³-hybridized carbons (Fsp3) is 0.385. The quantitative estimate of drug-likeness (QED) is 0.563. The van der Waals surface area contributed by atoms with E-state index in [0.29, 0.717) is 23.4 Å². The highest BCUT2D eigenvalue weighted by Crippen LogP contribution is 2.32. The Labute approximate surface area is 216 Å². The van der Waals surface area contributed by atoms with Crippen LogP contribution in [0.3, 0.4) is 0 Å². The molecule has 1 saturated heterocycles. The second kappa shape index (κ2) is 10.1. The Kier molecular flexibility index (Phi) is 7.20. The first-order valence-corrected chi connectivity index (χ1v) is 13.6. The maximum Gasteiger partial charge on any atom is 0.335 e. The number of nitrogens with one attached hydrogen (secondary N) is 1. The monoisotopic (exact) mass is 526 g/mol. The van der Waals surface area contributed by atoms with E-state index < -0.39 is 21.5 Å². The normalized spacial score (nSPS) is 17.4. The molecule has 0 aliphatic carbocycles. The van der Waals surface area contributed by atoms with Crippen LogP contribution in [-0.4, -0.2) is 84.8 Å². The molecule has 2 N–H and O–H groups in total. The van der Waals surface area contributed by atoms with Crippen molar-refractivity contribution in [2.45, 2.75) is 31.7 Å². The highest BCUT2D eigenvalue weighted by atomic mass is 32.2. The van der Waals surface area contributed by atoms with Crippen molar-refractivity contribution in [3.63, 3.8) is 0 Å². The van der Waals surface area contributed by atoms with Crippen molar-refractivity contribution in [3.8, 4) is 0 Å². The molecule has 10 nitrogen and oxygen atoms in total. The van der Waals surface area contributed by atoms with E-state index in [9.17, 15) is 27.9 Å². The summed E-state index contributed by atoms with van der Waals surface area (Å²) in [5, 5.41) is 12.0. The minimum atomic E-state index is -3.57. The van der Waals surface area contributed by atoms with Gasteiger partial charge >= 0.3 is 5.97 Å². The van der Waals surface area contributed by atoms with Gasteiger partial charge in [-0.3, -0.25) is 14.6 Å². The summed E-state index contributed by atoms with van der Waals surface area (Å²) in [7, 11) is -0.211. The SMILES string of the molecule is Cc1cc(C(=O)N(C)C)ccc1CCS(=O)(=O)N1CCC2(CC1)N=C(c1cccc(C(=O)O)c1)NC2=O. The molecule has 11 heteroatoms. The summed E-state index contributed by atoms with van der Waals surface area (Å²) in [5.41, 5.74) is 1.79. The molecule has 2 aliphatic rings. The van der Waals surface area contributed by atoms with Crippen molar-refractivity contribution in [2.75, 3.05) is 32.9 Å². The topological polar surface area (TPSA) is 136 Å². The van der Waals surface area contributed by atoms with Crippen LogP contribution in [0.4, 0.5) is 0 Å². The molecular weight excluding hydrogens is 496 g/mol. The van der Waals surface area contributed by atoms with Gasteiger partial charge in [0, 0.05) is 38.3 Å². The third-order valence-electron chi connectivity index (χ3n) is 6.93. The average molecular weight is 527 g/mol. The third kappa shape index (κ3) is 5.42. The minimum absolute atomic E-state index is 0.0789. The van der Waals surface area contributed by atoms with E-state index in [1.807, 2.05) is 6.92 Å². The standard InChI is InChI=1S/C26H30N4O6S/c1-17-15-20(23(31)29(2)3)8-7-18(17)9-14-37(35,36)30-12-10-26(11-13-30)25(34)27-22(28-26)19-5-4-6-21(16-19)24(32)33/h4-8,15-16H,9-14H2,1-3H3,(H,32,33)(H,27,28,34). The van der Waals surface area contributed by atoms with E-state index in [1.54, 1.807) is 44.4 Å². The molecule has 1 fully saturated rings. The number of aryl methyl sites for hydroxylation is 2. The predicted molar refractivity (Wildman–Crippen MR) is 138 cm³/mol. The number of hydrogen-bond donors (Lipinski definition) is 2. The van der Waals surface area contributed by atoms with Crippen molar-refractivity contribution < 1.29 is 27.9 Å². The highest BCUT2D eigenvalue weighted by molar-refractivity contribution is 7.89. The molecule has 0 saturated carbocycles. The second-order valence-corrected chi connectivity index (χ2v) is 11.7. The lowest BCUT2D eigenvalue weighted by molar-refractivity contribution is -0.124. The fourth-order valence-corrected chi connectivity index (χ4v) is 6.14. The number of nitrogens with zero attached hydrogens (tertiary/aromatic N) is 3. The molecule has 2 aromatic carbocycles. The van der Waals surface area contributed by atoms with Crippen LogP contribution in [0.2, 0.25) is 0 Å². The molecule has 2 aromatic rings. The summed E-state index contributed by atoms with van der Waals surface area (Å²) in [6, 6.07) is 11.5. The van der Waals surface area contributed by atoms with Gasteiger partial charge in [0.15, 0.2) is 0 Å². The van der Waals surface area contributed by atoms with Crippen molar-refractivity contribution >= 4 is 33.6 Å². The number of benzene rings is 2. The van der Waals surface area contributed by atoms with Gasteiger partial charge in [0.25, 0.3) is 11.8 Å². The first-order valence-electron chi connectivity index (χ1n) is 12.0. The summed E-state index contributed by atoms with van der Waals surface area (Å²) >= 11 is 0. The number of piperidine rings is 1. The third-order valence-corrected chi connectivity index (χ3v) is 8.80. The molecule has 2 heterocycles. The van der Waals surface area contributed by atoms with Crippen LogP contribution in [0, 0.1) is 6.92 Å². The van der Waals surface area contributed by atoms with Gasteiger partial charge in [-0.2, -0.15) is 0 Å². The molecular formula is C26H30N4O6S. The summed E-state index contributed by atoms with van der Waals surface area (Å²) in [4.78, 5) is 42.4. The van der Waals surface area contributed by atoms with Crippen LogP contribution in [0.15, 0.2) is 47.5 Å². The Bertz CT molecular complexity index is 1390. The zero-order chi connectivity index (χ0) is 27.0. The van der Waals surface area contributed by atoms with E-state index in [4.69, 9.17) is 0 Å². The van der Waals surface area contributed by atoms with Gasteiger partial charge in [0.05, 0.1) is 11.3 Å². The predicted octanol–water partition coefficient (Wildman–Crippen LogP) is 1.68. The molecule has 1 spiro atoms. The molecule has 196 valence electrons. The number of aromatic carboxylic acids is 1. The Balaban J connectivity index is 1.41. The van der Waals surface area contributed by atoms with Crippen LogP contribution in [0.5, 0.6) is 0 Å². The van der Waals surface area contributed by atoms with E-state index in [2.05, 4.69) is 10.3 Å². The number of aliphatic imine (C=N–C) groups is 1. The molecule has 2 amide bonds. The zero-order valence-corrected chi connectivity index (χ0v) is 21.8. The molecule has 4 rings (SSSR count). The molecule has 0 atom stereocenters. The smallest absolute Gasteiger partial charge is 0.335 e. The van der Waals surface area contributed by atoms with Crippen LogP contribution >= 0.6 is 0 Å². The van der Waals surface area contributed by atoms with E-state index in [0.717, 1.165) is 11.1 Å². The number of rotatable bonds is 7. The van der Waals surface area contributed by atoms with Gasteiger partial charge in [-0.1, -0.05) is 18.2 Å². The maximum atomic E-state index is 13.1. The molecule has 37 heavy (non-hydrogen) atoms. The van der Waals surface area contributed by atoms with Crippen molar-refractivity contribution in [3.05, 3.63) is 70.3 Å². The van der Waals surface area contributed by atoms with Gasteiger partial charge in [0.2, 0.25) is 10.0 Å². The lowest BCUT2D eigenvalue weighted by Gasteiger charge is -2.34. The average Bonchev–Trinajstić information content (AvgIpc) is 3.18. The van der Waals surface area contributed by atoms with E-state index in [-0.39, 0.29) is 49.1 Å². The molecule has 2 aliphatic heterocycles. The van der Waals surface area contributed by atoms with Crippen molar-refractivity contribution in [1.29, 1.82) is 0 Å². The van der Waals surface area contributed by atoms with E-state index >= 15 is 0 Å². The van der Waals surface area contributed by atoms with Gasteiger partial charge in [-0.25, -0.2) is 17.5 Å². The van der Waals surface area contributed by atoms with Crippen LogP contribution in [0.1, 0.15) is 50.2 Å². The number of carboxylic acids is 1. The van der Waals surface area contributed by atoms with E-state index in [1.165, 1.54) is 21.3 Å². The minimum Gasteiger partial charge on any atom is -0.478 e. The van der Waals surface area contributed by atoms with Crippen LogP contribution in [0.25, 0.3) is 0 Å². The van der Waals surface area contributed by atoms with Gasteiger partial charge in [-0.05, 0) is 61.6 Å². The summed E-state index contributed by atoms with van der Waals surface area (Å²) in [6.07, 6.45) is 0.788. The first kappa shape index (κ1) is 26.5. The first-order chi connectivity index (χ1) is 17.4. The molecule has 0 unspecified atom stereocenters. The lowest BCUT2D eigenvalue weighted by atomic mass is 9.89. The van der Waals surface area contributed by atoms with Gasteiger partial charge in [0.1, 0.15) is 11.4 Å². The number of hydrogen-bond acceptors (Lipinski definition) is 6. The molecule has 0 bridgehead atoms. The van der Waals surface area contributed by atoms with Gasteiger partial charge < -0.3 is 15.3 Å². The van der Waals surface area contributed by atoms with Gasteiger partial charge in [-0.15, -0.1) is 0 Å². The highest BCUT2D eigenvalue weighted by Gasteiger charge is 2.47.